The number of rotatable bonds is 5. The summed E-state index contributed by atoms with van der Waals surface area (Å²) in [5.41, 5.74) is 7.67. The van der Waals surface area contributed by atoms with Crippen LogP contribution < -0.4 is 0 Å². The van der Waals surface area contributed by atoms with Crippen LogP contribution in [0.25, 0.3) is 0 Å². The van der Waals surface area contributed by atoms with E-state index in [0.717, 1.165) is 25.1 Å². The maximum atomic E-state index is 6.12. The van der Waals surface area contributed by atoms with Crippen molar-refractivity contribution < 1.29 is 0 Å². The molecular weight excluding hydrogens is 268 g/mol. The van der Waals surface area contributed by atoms with Crippen LogP contribution in [0.4, 0.5) is 0 Å². The number of benzene rings is 1. The van der Waals surface area contributed by atoms with E-state index < -0.39 is 0 Å². The normalized spacial score (nSPS) is 11.1. The fourth-order valence-electron chi connectivity index (χ4n) is 2.80. The Kier molecular flexibility index (Phi) is 4.87. The summed E-state index contributed by atoms with van der Waals surface area (Å²) in [4.78, 5) is 0. The molecule has 0 aliphatic heterocycles. The lowest BCUT2D eigenvalue weighted by Crippen LogP contribution is -2.09. The van der Waals surface area contributed by atoms with Crippen LogP contribution in [0.15, 0.2) is 18.2 Å². The van der Waals surface area contributed by atoms with Crippen LogP contribution in [0.1, 0.15) is 47.5 Å². The van der Waals surface area contributed by atoms with Crippen LogP contribution in [0.3, 0.4) is 0 Å². The Labute approximate surface area is 126 Å². The average molecular weight is 291 g/mol. The second-order valence-electron chi connectivity index (χ2n) is 5.24. The van der Waals surface area contributed by atoms with Gasteiger partial charge in [0, 0.05) is 11.3 Å². The maximum absolute atomic E-state index is 6.12. The van der Waals surface area contributed by atoms with Crippen molar-refractivity contribution in [2.75, 3.05) is 0 Å². The minimum atomic E-state index is 0.555. The fourth-order valence-corrected chi connectivity index (χ4v) is 3.11. The second kappa shape index (κ2) is 6.45. The predicted molar refractivity (Wildman–Crippen MR) is 85.6 cm³/mol. The molecule has 0 aliphatic rings. The molecule has 0 atom stereocenters. The zero-order valence-corrected chi connectivity index (χ0v) is 13.6. The SMILES string of the molecule is CCc1nn(Cc2c(C)cccc2C)c(CC)c1CCl. The average Bonchev–Trinajstić information content (AvgIpc) is 2.79. The monoisotopic (exact) mass is 290 g/mol. The highest BCUT2D eigenvalue weighted by molar-refractivity contribution is 6.17. The summed E-state index contributed by atoms with van der Waals surface area (Å²) in [6, 6.07) is 6.45. The van der Waals surface area contributed by atoms with E-state index in [-0.39, 0.29) is 0 Å². The molecule has 0 fully saturated rings. The summed E-state index contributed by atoms with van der Waals surface area (Å²) in [5.74, 6) is 0.555. The van der Waals surface area contributed by atoms with Crippen molar-refractivity contribution in [2.45, 2.75) is 53.0 Å². The zero-order chi connectivity index (χ0) is 14.7. The lowest BCUT2D eigenvalue weighted by Gasteiger charge is -2.12. The molecule has 0 radical (unpaired) electrons. The highest BCUT2D eigenvalue weighted by Gasteiger charge is 2.15. The van der Waals surface area contributed by atoms with Gasteiger partial charge in [-0.1, -0.05) is 32.0 Å². The van der Waals surface area contributed by atoms with Crippen LogP contribution in [-0.4, -0.2) is 9.78 Å². The van der Waals surface area contributed by atoms with Crippen molar-refractivity contribution >= 4 is 11.6 Å². The Morgan fingerprint density at radius 2 is 1.70 bits per heavy atom. The van der Waals surface area contributed by atoms with E-state index in [2.05, 4.69) is 50.6 Å². The lowest BCUT2D eigenvalue weighted by atomic mass is 10.0. The first-order valence-electron chi connectivity index (χ1n) is 7.30. The van der Waals surface area contributed by atoms with E-state index in [1.54, 1.807) is 0 Å². The van der Waals surface area contributed by atoms with Gasteiger partial charge in [0.1, 0.15) is 0 Å². The Hall–Kier alpha value is -1.28. The molecule has 108 valence electrons. The van der Waals surface area contributed by atoms with Crippen molar-refractivity contribution in [2.24, 2.45) is 0 Å². The van der Waals surface area contributed by atoms with Crippen molar-refractivity contribution in [1.29, 1.82) is 0 Å². The van der Waals surface area contributed by atoms with Crippen molar-refractivity contribution in [3.63, 3.8) is 0 Å². The Morgan fingerprint density at radius 3 is 2.20 bits per heavy atom. The van der Waals surface area contributed by atoms with Crippen LogP contribution in [0.5, 0.6) is 0 Å². The third-order valence-corrected chi connectivity index (χ3v) is 4.27. The van der Waals surface area contributed by atoms with Crippen molar-refractivity contribution in [3.8, 4) is 0 Å². The Morgan fingerprint density at radius 1 is 1.05 bits per heavy atom. The third-order valence-electron chi connectivity index (χ3n) is 4.01. The van der Waals surface area contributed by atoms with E-state index in [4.69, 9.17) is 16.7 Å². The van der Waals surface area contributed by atoms with Gasteiger partial charge in [-0.25, -0.2) is 0 Å². The molecule has 0 bridgehead atoms. The number of aromatic nitrogens is 2. The van der Waals surface area contributed by atoms with Gasteiger partial charge in [0.05, 0.1) is 18.1 Å². The van der Waals surface area contributed by atoms with Gasteiger partial charge in [-0.15, -0.1) is 11.6 Å². The third kappa shape index (κ3) is 2.76. The maximum Gasteiger partial charge on any atom is 0.0669 e. The zero-order valence-electron chi connectivity index (χ0n) is 12.8. The molecule has 0 amide bonds. The number of hydrogen-bond donors (Lipinski definition) is 0. The quantitative estimate of drug-likeness (QED) is 0.746. The van der Waals surface area contributed by atoms with Crippen molar-refractivity contribution in [1.82, 2.24) is 9.78 Å². The van der Waals surface area contributed by atoms with Gasteiger partial charge < -0.3 is 0 Å². The number of hydrogen-bond acceptors (Lipinski definition) is 1. The number of halogens is 1. The summed E-state index contributed by atoms with van der Waals surface area (Å²) in [5, 5.41) is 4.78. The predicted octanol–water partition coefficient (Wildman–Crippen LogP) is 4.41. The summed E-state index contributed by atoms with van der Waals surface area (Å²) in [7, 11) is 0. The molecule has 0 N–H and O–H groups in total. The smallest absolute Gasteiger partial charge is 0.0669 e. The second-order valence-corrected chi connectivity index (χ2v) is 5.51. The van der Waals surface area contributed by atoms with E-state index >= 15 is 0 Å². The van der Waals surface area contributed by atoms with Gasteiger partial charge in [-0.05, 0) is 43.4 Å². The van der Waals surface area contributed by atoms with Gasteiger partial charge >= 0.3 is 0 Å². The largest absolute Gasteiger partial charge is 0.265 e. The molecule has 0 aliphatic carbocycles. The molecule has 1 heterocycles. The number of aryl methyl sites for hydroxylation is 3. The first kappa shape index (κ1) is 15.1. The van der Waals surface area contributed by atoms with E-state index in [1.165, 1.54) is 27.9 Å². The molecule has 2 rings (SSSR count). The molecule has 0 saturated heterocycles. The lowest BCUT2D eigenvalue weighted by molar-refractivity contribution is 0.635. The minimum Gasteiger partial charge on any atom is -0.265 e. The van der Waals surface area contributed by atoms with Crippen molar-refractivity contribution in [3.05, 3.63) is 51.8 Å². The molecule has 1 aromatic carbocycles. The number of nitrogens with zero attached hydrogens (tertiary/aromatic N) is 2. The summed E-state index contributed by atoms with van der Waals surface area (Å²) >= 11 is 6.12. The minimum absolute atomic E-state index is 0.555. The Balaban J connectivity index is 2.46. The van der Waals surface area contributed by atoms with Crippen LogP contribution >= 0.6 is 11.6 Å². The standard InChI is InChI=1S/C17H23ClN2/c1-5-16-14(10-18)17(6-2)20(19-16)11-15-12(3)8-7-9-13(15)4/h7-9H,5-6,10-11H2,1-4H3. The van der Waals surface area contributed by atoms with Gasteiger partial charge in [0.15, 0.2) is 0 Å². The van der Waals surface area contributed by atoms with Crippen LogP contribution in [-0.2, 0) is 25.3 Å². The summed E-state index contributed by atoms with van der Waals surface area (Å²) in [6.45, 7) is 9.49. The Bertz CT molecular complexity index is 579. The van der Waals surface area contributed by atoms with E-state index in [1.807, 2.05) is 0 Å². The van der Waals surface area contributed by atoms with Gasteiger partial charge in [-0.3, -0.25) is 4.68 Å². The van der Waals surface area contributed by atoms with E-state index in [9.17, 15) is 0 Å². The molecule has 0 unspecified atom stereocenters. The molecular formula is C17H23ClN2. The molecule has 0 saturated carbocycles. The molecule has 2 aromatic rings. The molecule has 2 nitrogen and oxygen atoms in total. The van der Waals surface area contributed by atoms with Gasteiger partial charge in [0.2, 0.25) is 0 Å². The topological polar surface area (TPSA) is 17.8 Å². The van der Waals surface area contributed by atoms with Crippen LogP contribution in [0, 0.1) is 13.8 Å². The van der Waals surface area contributed by atoms with Gasteiger partial charge in [0.25, 0.3) is 0 Å². The summed E-state index contributed by atoms with van der Waals surface area (Å²) < 4.78 is 2.14. The van der Waals surface area contributed by atoms with E-state index in [0.29, 0.717) is 5.88 Å². The fraction of sp³-hybridized carbons (Fsp3) is 0.471. The first-order valence-corrected chi connectivity index (χ1v) is 7.84. The molecule has 0 spiro atoms. The molecule has 3 heteroatoms. The van der Waals surface area contributed by atoms with Crippen LogP contribution in [0.2, 0.25) is 0 Å². The number of alkyl halides is 1. The highest BCUT2D eigenvalue weighted by atomic mass is 35.5. The molecule has 1 aromatic heterocycles. The van der Waals surface area contributed by atoms with Gasteiger partial charge in [-0.2, -0.15) is 5.10 Å². The molecule has 20 heavy (non-hydrogen) atoms. The highest BCUT2D eigenvalue weighted by Crippen LogP contribution is 2.21. The summed E-state index contributed by atoms with van der Waals surface area (Å²) in [6.07, 6.45) is 1.91. The first-order chi connectivity index (χ1) is 9.62.